The average molecular weight is 407 g/mol. The van der Waals surface area contributed by atoms with Gasteiger partial charge in [0.1, 0.15) is 5.58 Å². The predicted molar refractivity (Wildman–Crippen MR) is 112 cm³/mol. The molecule has 1 amide bonds. The molecular weight excluding hydrogens is 382 g/mol. The van der Waals surface area contributed by atoms with Gasteiger partial charge in [0.15, 0.2) is 6.10 Å². The maximum atomic E-state index is 12.9. The van der Waals surface area contributed by atoms with Crippen molar-refractivity contribution in [1.82, 2.24) is 4.90 Å². The summed E-state index contributed by atoms with van der Waals surface area (Å²) in [5.74, 6) is -0.771. The maximum absolute atomic E-state index is 12.9. The molecule has 4 rings (SSSR count). The first kappa shape index (κ1) is 20.2. The van der Waals surface area contributed by atoms with E-state index in [9.17, 15) is 9.59 Å². The molecule has 1 aliphatic heterocycles. The number of ether oxygens (including phenoxy) is 2. The van der Waals surface area contributed by atoms with Crippen LogP contribution in [0.4, 0.5) is 0 Å². The summed E-state index contributed by atoms with van der Waals surface area (Å²) in [7, 11) is 0. The molecule has 2 heterocycles. The molecule has 1 aromatic heterocycles. The van der Waals surface area contributed by atoms with Crippen molar-refractivity contribution in [1.29, 1.82) is 0 Å². The largest absolute Gasteiger partial charge is 0.449 e. The molecule has 6 heteroatoms. The molecule has 0 radical (unpaired) electrons. The zero-order valence-electron chi connectivity index (χ0n) is 17.2. The number of carbonyl (C=O) groups is 2. The first-order chi connectivity index (χ1) is 14.6. The lowest BCUT2D eigenvalue weighted by molar-refractivity contribution is -0.140. The molecule has 3 aromatic rings. The molecule has 0 saturated heterocycles. The van der Waals surface area contributed by atoms with Crippen molar-refractivity contribution in [2.75, 3.05) is 13.2 Å². The van der Waals surface area contributed by atoms with Crippen LogP contribution in [0.2, 0.25) is 0 Å². The fourth-order valence-electron chi connectivity index (χ4n) is 3.82. The summed E-state index contributed by atoms with van der Waals surface area (Å²) < 4.78 is 16.8. The average Bonchev–Trinajstić information content (AvgIpc) is 3.15. The van der Waals surface area contributed by atoms with Crippen LogP contribution in [-0.2, 0) is 33.8 Å². The van der Waals surface area contributed by atoms with Crippen molar-refractivity contribution in [3.05, 3.63) is 71.0 Å². The molecule has 30 heavy (non-hydrogen) atoms. The third kappa shape index (κ3) is 3.96. The molecule has 1 aliphatic rings. The Morgan fingerprint density at radius 2 is 1.83 bits per heavy atom. The van der Waals surface area contributed by atoms with Crippen molar-refractivity contribution < 1.29 is 23.5 Å². The highest BCUT2D eigenvalue weighted by Crippen LogP contribution is 2.28. The van der Waals surface area contributed by atoms with Crippen LogP contribution in [0.15, 0.2) is 52.9 Å². The summed E-state index contributed by atoms with van der Waals surface area (Å²) in [4.78, 5) is 27.5. The van der Waals surface area contributed by atoms with Gasteiger partial charge in [-0.25, -0.2) is 4.79 Å². The standard InChI is InChI=1S/C24H25NO5/c1-3-28-15-20-19-10-6-7-11-21(19)30-22(20)24(27)29-16(2)23(26)25-13-12-17-8-4-5-9-18(17)14-25/h4-11,16H,3,12-15H2,1-2H3/t16-/m0/s1. The number of esters is 1. The molecule has 0 bridgehead atoms. The number of benzene rings is 2. The fourth-order valence-corrected chi connectivity index (χ4v) is 3.82. The summed E-state index contributed by atoms with van der Waals surface area (Å²) >= 11 is 0. The SMILES string of the molecule is CCOCc1c(C(=O)O[C@@H](C)C(=O)N2CCc3ccccc3C2)oc2ccccc12. The van der Waals surface area contributed by atoms with E-state index in [2.05, 4.69) is 6.07 Å². The molecule has 0 unspecified atom stereocenters. The highest BCUT2D eigenvalue weighted by atomic mass is 16.6. The molecular formula is C24H25NO5. The Hall–Kier alpha value is -3.12. The van der Waals surface area contributed by atoms with Gasteiger partial charge in [0.25, 0.3) is 5.91 Å². The van der Waals surface area contributed by atoms with E-state index < -0.39 is 12.1 Å². The summed E-state index contributed by atoms with van der Waals surface area (Å²) in [5.41, 5.74) is 3.62. The van der Waals surface area contributed by atoms with E-state index in [-0.39, 0.29) is 18.3 Å². The number of rotatable bonds is 6. The van der Waals surface area contributed by atoms with Crippen LogP contribution in [-0.4, -0.2) is 36.0 Å². The van der Waals surface area contributed by atoms with Gasteiger partial charge in [-0.15, -0.1) is 0 Å². The van der Waals surface area contributed by atoms with Crippen LogP contribution in [0.1, 0.15) is 41.1 Å². The highest BCUT2D eigenvalue weighted by molar-refractivity contribution is 5.97. The van der Waals surface area contributed by atoms with Gasteiger partial charge < -0.3 is 18.8 Å². The molecule has 1 atom stereocenters. The van der Waals surface area contributed by atoms with E-state index in [1.165, 1.54) is 5.56 Å². The summed E-state index contributed by atoms with van der Waals surface area (Å²) in [6, 6.07) is 15.5. The van der Waals surface area contributed by atoms with E-state index in [4.69, 9.17) is 13.9 Å². The Kier molecular flexibility index (Phi) is 5.86. The van der Waals surface area contributed by atoms with Gasteiger partial charge >= 0.3 is 5.97 Å². The van der Waals surface area contributed by atoms with Gasteiger partial charge in [0.2, 0.25) is 5.76 Å². The second-order valence-corrected chi connectivity index (χ2v) is 7.37. The van der Waals surface area contributed by atoms with Crippen molar-refractivity contribution in [2.45, 2.75) is 39.5 Å². The second kappa shape index (κ2) is 8.71. The zero-order valence-corrected chi connectivity index (χ0v) is 17.2. The lowest BCUT2D eigenvalue weighted by atomic mass is 9.99. The monoisotopic (exact) mass is 407 g/mol. The van der Waals surface area contributed by atoms with Crippen LogP contribution in [0, 0.1) is 0 Å². The molecule has 6 nitrogen and oxygen atoms in total. The minimum absolute atomic E-state index is 0.0910. The maximum Gasteiger partial charge on any atom is 0.375 e. The van der Waals surface area contributed by atoms with E-state index in [0.29, 0.717) is 30.8 Å². The van der Waals surface area contributed by atoms with Crippen LogP contribution < -0.4 is 0 Å². The van der Waals surface area contributed by atoms with E-state index in [1.54, 1.807) is 17.9 Å². The topological polar surface area (TPSA) is 69.0 Å². The van der Waals surface area contributed by atoms with Crippen LogP contribution in [0.5, 0.6) is 0 Å². The smallest absolute Gasteiger partial charge is 0.375 e. The Balaban J connectivity index is 1.49. The van der Waals surface area contributed by atoms with Crippen LogP contribution in [0.3, 0.4) is 0 Å². The number of carbonyl (C=O) groups excluding carboxylic acids is 2. The lowest BCUT2D eigenvalue weighted by Gasteiger charge is -2.30. The Morgan fingerprint density at radius 1 is 1.10 bits per heavy atom. The minimum atomic E-state index is -0.907. The van der Waals surface area contributed by atoms with E-state index in [1.807, 2.05) is 43.3 Å². The summed E-state index contributed by atoms with van der Waals surface area (Å²) in [5, 5.41) is 0.810. The van der Waals surface area contributed by atoms with Crippen LogP contribution >= 0.6 is 0 Å². The van der Waals surface area contributed by atoms with Gasteiger partial charge in [-0.3, -0.25) is 4.79 Å². The number of hydrogen-bond donors (Lipinski definition) is 0. The number of furan rings is 1. The number of para-hydroxylation sites is 1. The zero-order chi connectivity index (χ0) is 21.1. The highest BCUT2D eigenvalue weighted by Gasteiger charge is 2.29. The molecule has 2 aromatic carbocycles. The molecule has 0 fully saturated rings. The van der Waals surface area contributed by atoms with Gasteiger partial charge in [-0.2, -0.15) is 0 Å². The van der Waals surface area contributed by atoms with Gasteiger partial charge in [-0.1, -0.05) is 42.5 Å². The normalized spacial score (nSPS) is 14.4. The van der Waals surface area contributed by atoms with Crippen LogP contribution in [0.25, 0.3) is 11.0 Å². The van der Waals surface area contributed by atoms with Crippen molar-refractivity contribution in [3.63, 3.8) is 0 Å². The number of nitrogens with zero attached hydrogens (tertiary/aromatic N) is 1. The number of amides is 1. The van der Waals surface area contributed by atoms with E-state index in [0.717, 1.165) is 17.4 Å². The fraction of sp³-hybridized carbons (Fsp3) is 0.333. The Morgan fingerprint density at radius 3 is 2.63 bits per heavy atom. The van der Waals surface area contributed by atoms with Crippen molar-refractivity contribution in [3.8, 4) is 0 Å². The predicted octanol–water partition coefficient (Wildman–Crippen LogP) is 4.10. The second-order valence-electron chi connectivity index (χ2n) is 7.37. The molecule has 0 spiro atoms. The molecule has 156 valence electrons. The third-order valence-electron chi connectivity index (χ3n) is 5.41. The molecule has 0 saturated carbocycles. The van der Waals surface area contributed by atoms with Gasteiger partial charge in [0.05, 0.1) is 6.61 Å². The third-order valence-corrected chi connectivity index (χ3v) is 5.41. The first-order valence-electron chi connectivity index (χ1n) is 10.2. The van der Waals surface area contributed by atoms with Crippen molar-refractivity contribution >= 4 is 22.8 Å². The Bertz CT molecular complexity index is 1070. The lowest BCUT2D eigenvalue weighted by Crippen LogP contribution is -2.42. The number of hydrogen-bond acceptors (Lipinski definition) is 5. The van der Waals surface area contributed by atoms with Crippen molar-refractivity contribution in [2.24, 2.45) is 0 Å². The quantitative estimate of drug-likeness (QED) is 0.576. The first-order valence-corrected chi connectivity index (χ1v) is 10.2. The minimum Gasteiger partial charge on any atom is -0.449 e. The molecule has 0 aliphatic carbocycles. The summed E-state index contributed by atoms with van der Waals surface area (Å²) in [6.07, 6.45) is -0.110. The Labute approximate surface area is 175 Å². The molecule has 0 N–H and O–H groups in total. The van der Waals surface area contributed by atoms with Gasteiger partial charge in [-0.05, 0) is 37.5 Å². The van der Waals surface area contributed by atoms with E-state index >= 15 is 0 Å². The summed E-state index contributed by atoms with van der Waals surface area (Å²) in [6.45, 7) is 5.38. The van der Waals surface area contributed by atoms with Gasteiger partial charge in [0, 0.05) is 30.6 Å². The number of fused-ring (bicyclic) bond motifs is 2.